The Balaban J connectivity index is 1.96. The lowest BCUT2D eigenvalue weighted by atomic mass is 10.1. The van der Waals surface area contributed by atoms with Crippen LogP contribution in [0, 0.1) is 0 Å². The van der Waals surface area contributed by atoms with Crippen LogP contribution in [0.5, 0.6) is 5.75 Å². The molecule has 0 aliphatic heterocycles. The number of ether oxygens (including phenoxy) is 1. The SMILES string of the molecule is COc1ccc(CNc2c(NCCN(C)C)c(=O)c2=O)cc1. The second-order valence-corrected chi connectivity index (χ2v) is 5.34. The van der Waals surface area contributed by atoms with Gasteiger partial charge in [0.2, 0.25) is 0 Å². The first-order valence-electron chi connectivity index (χ1n) is 7.11. The van der Waals surface area contributed by atoms with Crippen LogP contribution in [0.25, 0.3) is 0 Å². The molecule has 6 heteroatoms. The summed E-state index contributed by atoms with van der Waals surface area (Å²) in [7, 11) is 5.52. The van der Waals surface area contributed by atoms with Gasteiger partial charge in [-0.15, -0.1) is 0 Å². The van der Waals surface area contributed by atoms with Gasteiger partial charge < -0.3 is 20.3 Å². The summed E-state index contributed by atoms with van der Waals surface area (Å²) in [5, 5.41) is 6.05. The maximum absolute atomic E-state index is 11.7. The van der Waals surface area contributed by atoms with E-state index in [-0.39, 0.29) is 0 Å². The molecule has 2 N–H and O–H groups in total. The molecule has 118 valence electrons. The van der Waals surface area contributed by atoms with Gasteiger partial charge >= 0.3 is 0 Å². The van der Waals surface area contributed by atoms with Crippen LogP contribution < -0.4 is 26.2 Å². The summed E-state index contributed by atoms with van der Waals surface area (Å²) in [5.41, 5.74) is 0.866. The summed E-state index contributed by atoms with van der Waals surface area (Å²) in [6.07, 6.45) is 0. The standard InChI is InChI=1S/C16H21N3O3/c1-19(2)9-8-17-13-14(16(21)15(13)20)18-10-11-4-6-12(22-3)7-5-11/h4-7,17-18H,8-10H2,1-3H3. The fraction of sp³-hybridized carbons (Fsp3) is 0.375. The third kappa shape index (κ3) is 3.65. The molecule has 6 nitrogen and oxygen atoms in total. The number of rotatable bonds is 8. The lowest BCUT2D eigenvalue weighted by Crippen LogP contribution is -2.38. The maximum Gasteiger partial charge on any atom is 0.253 e. The zero-order valence-corrected chi connectivity index (χ0v) is 13.1. The molecule has 22 heavy (non-hydrogen) atoms. The zero-order chi connectivity index (χ0) is 16.1. The summed E-state index contributed by atoms with van der Waals surface area (Å²) >= 11 is 0. The minimum atomic E-state index is -0.458. The van der Waals surface area contributed by atoms with Gasteiger partial charge in [0.05, 0.1) is 7.11 Å². The topological polar surface area (TPSA) is 70.7 Å². The molecule has 0 heterocycles. The maximum atomic E-state index is 11.7. The third-order valence-electron chi connectivity index (χ3n) is 3.40. The van der Waals surface area contributed by atoms with Crippen molar-refractivity contribution in [2.45, 2.75) is 6.54 Å². The molecular weight excluding hydrogens is 282 g/mol. The van der Waals surface area contributed by atoms with E-state index in [4.69, 9.17) is 4.74 Å². The summed E-state index contributed by atoms with van der Waals surface area (Å²) < 4.78 is 5.10. The van der Waals surface area contributed by atoms with Gasteiger partial charge in [-0.2, -0.15) is 0 Å². The van der Waals surface area contributed by atoms with Crippen molar-refractivity contribution in [2.24, 2.45) is 0 Å². The smallest absolute Gasteiger partial charge is 0.253 e. The van der Waals surface area contributed by atoms with Crippen molar-refractivity contribution in [3.05, 3.63) is 50.3 Å². The number of hydrogen-bond donors (Lipinski definition) is 2. The molecule has 0 fully saturated rings. The van der Waals surface area contributed by atoms with Gasteiger partial charge in [-0.25, -0.2) is 0 Å². The highest BCUT2D eigenvalue weighted by Crippen LogP contribution is 2.16. The van der Waals surface area contributed by atoms with Crippen molar-refractivity contribution in [1.29, 1.82) is 0 Å². The number of nitrogens with one attached hydrogen (secondary N) is 2. The quantitative estimate of drug-likeness (QED) is 0.705. The Morgan fingerprint density at radius 1 is 1.00 bits per heavy atom. The van der Waals surface area contributed by atoms with Crippen molar-refractivity contribution in [3.8, 4) is 5.75 Å². The normalized spacial score (nSPS) is 10.9. The molecule has 0 aromatic heterocycles. The first-order chi connectivity index (χ1) is 10.5. The average molecular weight is 303 g/mol. The molecule has 0 unspecified atom stereocenters. The van der Waals surface area contributed by atoms with Gasteiger partial charge in [0.25, 0.3) is 10.9 Å². The molecule has 0 amide bonds. The molecule has 0 saturated carbocycles. The molecule has 2 aromatic rings. The molecule has 0 spiro atoms. The van der Waals surface area contributed by atoms with Crippen LogP contribution in [0.1, 0.15) is 5.56 Å². The Morgan fingerprint density at radius 2 is 1.59 bits per heavy atom. The molecule has 2 rings (SSSR count). The molecule has 0 atom stereocenters. The van der Waals surface area contributed by atoms with E-state index in [1.807, 2.05) is 43.3 Å². The second-order valence-electron chi connectivity index (χ2n) is 5.34. The minimum Gasteiger partial charge on any atom is -0.497 e. The van der Waals surface area contributed by atoms with Crippen molar-refractivity contribution < 1.29 is 4.74 Å². The molecule has 0 radical (unpaired) electrons. The number of hydrogen-bond acceptors (Lipinski definition) is 6. The highest BCUT2D eigenvalue weighted by Gasteiger charge is 2.20. The van der Waals surface area contributed by atoms with E-state index < -0.39 is 10.9 Å². The Hall–Kier alpha value is -2.34. The van der Waals surface area contributed by atoms with Crippen molar-refractivity contribution in [1.82, 2.24) is 4.90 Å². The Labute approximate surface area is 129 Å². The van der Waals surface area contributed by atoms with Crippen LogP contribution in [-0.4, -0.2) is 39.2 Å². The van der Waals surface area contributed by atoms with Crippen molar-refractivity contribution in [3.63, 3.8) is 0 Å². The molecule has 0 aliphatic rings. The van der Waals surface area contributed by atoms with Gasteiger partial charge in [0, 0.05) is 19.6 Å². The van der Waals surface area contributed by atoms with E-state index in [0.717, 1.165) is 17.9 Å². The lowest BCUT2D eigenvalue weighted by molar-refractivity contribution is 0.414. The minimum absolute atomic E-state index is 0.375. The van der Waals surface area contributed by atoms with Crippen LogP contribution >= 0.6 is 0 Å². The van der Waals surface area contributed by atoms with Crippen LogP contribution in [0.15, 0.2) is 33.9 Å². The highest BCUT2D eigenvalue weighted by molar-refractivity contribution is 5.73. The van der Waals surface area contributed by atoms with E-state index in [9.17, 15) is 9.59 Å². The van der Waals surface area contributed by atoms with E-state index in [0.29, 0.717) is 24.5 Å². The fourth-order valence-electron chi connectivity index (χ4n) is 2.07. The molecular formula is C16H21N3O3. The molecule has 0 bridgehead atoms. The fourth-order valence-corrected chi connectivity index (χ4v) is 2.07. The van der Waals surface area contributed by atoms with Crippen LogP contribution in [0.3, 0.4) is 0 Å². The highest BCUT2D eigenvalue weighted by atomic mass is 16.5. The van der Waals surface area contributed by atoms with Crippen LogP contribution in [0.4, 0.5) is 11.4 Å². The Bertz CT molecular complexity index is 686. The third-order valence-corrected chi connectivity index (χ3v) is 3.40. The lowest BCUT2D eigenvalue weighted by Gasteiger charge is -2.16. The van der Waals surface area contributed by atoms with Crippen LogP contribution in [-0.2, 0) is 6.54 Å². The number of methoxy groups -OCH3 is 1. The van der Waals surface area contributed by atoms with Gasteiger partial charge in [0.15, 0.2) is 0 Å². The van der Waals surface area contributed by atoms with Crippen LogP contribution in [0.2, 0.25) is 0 Å². The van der Waals surface area contributed by atoms with E-state index >= 15 is 0 Å². The summed E-state index contributed by atoms with van der Waals surface area (Å²) in [6.45, 7) is 1.89. The van der Waals surface area contributed by atoms with Gasteiger partial charge in [-0.05, 0) is 31.8 Å². The first kappa shape index (κ1) is 16.0. The summed E-state index contributed by atoms with van der Waals surface area (Å²) in [6, 6.07) is 7.54. The Kier molecular flexibility index (Phi) is 5.16. The molecule has 0 saturated heterocycles. The molecule has 0 aliphatic carbocycles. The number of anilines is 2. The van der Waals surface area contributed by atoms with Crippen molar-refractivity contribution >= 4 is 11.4 Å². The van der Waals surface area contributed by atoms with E-state index in [1.54, 1.807) is 7.11 Å². The Morgan fingerprint density at radius 3 is 2.14 bits per heavy atom. The summed E-state index contributed by atoms with van der Waals surface area (Å²) in [4.78, 5) is 25.3. The summed E-state index contributed by atoms with van der Waals surface area (Å²) in [5.74, 6) is 0.781. The average Bonchev–Trinajstić information content (AvgIpc) is 2.53. The van der Waals surface area contributed by atoms with Gasteiger partial charge in [0.1, 0.15) is 17.1 Å². The first-order valence-corrected chi connectivity index (χ1v) is 7.11. The zero-order valence-electron chi connectivity index (χ0n) is 13.1. The number of benzene rings is 1. The number of nitrogens with zero attached hydrogens (tertiary/aromatic N) is 1. The predicted molar refractivity (Wildman–Crippen MR) is 88.7 cm³/mol. The number of likely N-dealkylation sites (N-methyl/N-ethyl adjacent to an activating group) is 1. The van der Waals surface area contributed by atoms with Gasteiger partial charge in [-0.3, -0.25) is 9.59 Å². The second kappa shape index (κ2) is 7.09. The van der Waals surface area contributed by atoms with E-state index in [2.05, 4.69) is 10.6 Å². The molecule has 2 aromatic carbocycles. The van der Waals surface area contributed by atoms with E-state index in [1.165, 1.54) is 0 Å². The van der Waals surface area contributed by atoms with Crippen molar-refractivity contribution in [2.75, 3.05) is 44.9 Å². The largest absolute Gasteiger partial charge is 0.497 e. The predicted octanol–water partition coefficient (Wildman–Crippen LogP) is 0.877. The van der Waals surface area contributed by atoms with Gasteiger partial charge in [-0.1, -0.05) is 12.1 Å². The monoisotopic (exact) mass is 303 g/mol.